The van der Waals surface area contributed by atoms with Gasteiger partial charge in [-0.3, -0.25) is 0 Å². The van der Waals surface area contributed by atoms with E-state index in [2.05, 4.69) is 11.8 Å². The fourth-order valence-electron chi connectivity index (χ4n) is 0.517. The quantitative estimate of drug-likeness (QED) is 0.405. The standard InChI is InChI=1S/C7H7O.BrH.Mg/c1-8-7-5-3-2-4-6-7;;/h2-6H,1H2;1H;/q-1;;+2/p-1. The number of ether oxygens (including phenoxy) is 1. The molecule has 0 saturated carbocycles. The number of hydrogen-bond donors (Lipinski definition) is 0. The molecule has 0 aromatic heterocycles. The van der Waals surface area contributed by atoms with Gasteiger partial charge in [0.05, 0.1) is 5.75 Å². The Morgan fingerprint density at radius 3 is 1.90 bits per heavy atom. The molecule has 1 aromatic carbocycles. The van der Waals surface area contributed by atoms with Crippen molar-refractivity contribution < 1.29 is 21.7 Å². The van der Waals surface area contributed by atoms with E-state index < -0.39 is 0 Å². The van der Waals surface area contributed by atoms with Crippen LogP contribution < -0.4 is 21.7 Å². The molecule has 0 unspecified atom stereocenters. The molecule has 0 aliphatic carbocycles. The number of rotatable bonds is 1. The summed E-state index contributed by atoms with van der Waals surface area (Å²) >= 11 is 0. The molecule has 1 aromatic rings. The SMILES string of the molecule is [Br-].[CH2-]Oc1ccccc1.[Mg+2]. The second kappa shape index (κ2) is 7.37. The summed E-state index contributed by atoms with van der Waals surface area (Å²) in [5, 5.41) is 0. The summed E-state index contributed by atoms with van der Waals surface area (Å²) in [6.45, 7) is 0. The average molecular weight is 211 g/mol. The second-order valence-electron chi connectivity index (χ2n) is 1.46. The van der Waals surface area contributed by atoms with E-state index in [0.29, 0.717) is 0 Å². The first-order chi connectivity index (χ1) is 3.93. The minimum absolute atomic E-state index is 0. The molecule has 0 heterocycles. The molecule has 0 radical (unpaired) electrons. The van der Waals surface area contributed by atoms with E-state index in [-0.39, 0.29) is 40.0 Å². The molecule has 0 fully saturated rings. The van der Waals surface area contributed by atoms with Gasteiger partial charge in [0.25, 0.3) is 0 Å². The monoisotopic (exact) mass is 210 g/mol. The smallest absolute Gasteiger partial charge is 1.00 e. The molecule has 1 nitrogen and oxygen atoms in total. The van der Waals surface area contributed by atoms with Crippen LogP contribution in [0.1, 0.15) is 0 Å². The predicted molar refractivity (Wildman–Crippen MR) is 38.2 cm³/mol. The molecule has 0 aliphatic rings. The summed E-state index contributed by atoms with van der Waals surface area (Å²) in [5.41, 5.74) is 0. The molecule has 10 heavy (non-hydrogen) atoms. The minimum atomic E-state index is 0. The van der Waals surface area contributed by atoms with Gasteiger partial charge in [0, 0.05) is 0 Å². The molecule has 50 valence electrons. The summed E-state index contributed by atoms with van der Waals surface area (Å²) < 4.78 is 4.66. The fraction of sp³-hybridized carbons (Fsp3) is 0. The minimum Gasteiger partial charge on any atom is -1.00 e. The first kappa shape index (κ1) is 12.9. The summed E-state index contributed by atoms with van der Waals surface area (Å²) in [6.07, 6.45) is 0. The van der Waals surface area contributed by atoms with Crippen LogP contribution in [0.5, 0.6) is 5.75 Å². The number of benzene rings is 1. The van der Waals surface area contributed by atoms with Crippen molar-refractivity contribution in [2.75, 3.05) is 0 Å². The van der Waals surface area contributed by atoms with Crippen molar-refractivity contribution in [2.24, 2.45) is 0 Å². The van der Waals surface area contributed by atoms with Gasteiger partial charge >= 0.3 is 23.1 Å². The van der Waals surface area contributed by atoms with Gasteiger partial charge in [0.15, 0.2) is 0 Å². The normalized spacial score (nSPS) is 6.90. The molecule has 3 heteroatoms. The number of halogens is 1. The van der Waals surface area contributed by atoms with Crippen molar-refractivity contribution >= 4 is 23.1 Å². The van der Waals surface area contributed by atoms with E-state index in [1.807, 2.05) is 30.3 Å². The molecule has 0 aliphatic heterocycles. The van der Waals surface area contributed by atoms with Crippen LogP contribution in [-0.4, -0.2) is 23.1 Å². The van der Waals surface area contributed by atoms with Gasteiger partial charge < -0.3 is 21.7 Å². The van der Waals surface area contributed by atoms with E-state index in [4.69, 9.17) is 0 Å². The van der Waals surface area contributed by atoms with Gasteiger partial charge in [0.2, 0.25) is 0 Å². The number of para-hydroxylation sites is 1. The van der Waals surface area contributed by atoms with Gasteiger partial charge in [-0.05, 0) is 12.1 Å². The molecule has 1 rings (SSSR count). The van der Waals surface area contributed by atoms with Gasteiger partial charge in [-0.25, -0.2) is 0 Å². The topological polar surface area (TPSA) is 9.23 Å². The van der Waals surface area contributed by atoms with Crippen LogP contribution in [0.15, 0.2) is 30.3 Å². The van der Waals surface area contributed by atoms with Gasteiger partial charge in [-0.1, -0.05) is 18.2 Å². The Morgan fingerprint density at radius 1 is 1.10 bits per heavy atom. The van der Waals surface area contributed by atoms with Crippen molar-refractivity contribution in [3.05, 3.63) is 37.4 Å². The molecule has 0 amide bonds. The van der Waals surface area contributed by atoms with Crippen LogP contribution >= 0.6 is 0 Å². The van der Waals surface area contributed by atoms with E-state index >= 15 is 0 Å². The number of hydrogen-bond acceptors (Lipinski definition) is 1. The summed E-state index contributed by atoms with van der Waals surface area (Å²) in [4.78, 5) is 0. The Kier molecular flexibility index (Phi) is 9.51. The van der Waals surface area contributed by atoms with Crippen LogP contribution in [0, 0.1) is 7.11 Å². The molecule has 0 spiro atoms. The van der Waals surface area contributed by atoms with Crippen LogP contribution in [0.25, 0.3) is 0 Å². The van der Waals surface area contributed by atoms with E-state index in [0.717, 1.165) is 5.75 Å². The van der Waals surface area contributed by atoms with Crippen molar-refractivity contribution in [3.8, 4) is 5.75 Å². The zero-order chi connectivity index (χ0) is 5.82. The summed E-state index contributed by atoms with van der Waals surface area (Å²) in [5.74, 6) is 0.799. The first-order valence-electron chi connectivity index (χ1n) is 2.40. The Balaban J connectivity index is 0. The van der Waals surface area contributed by atoms with Gasteiger partial charge in [-0.15, -0.1) is 0 Å². The van der Waals surface area contributed by atoms with E-state index in [9.17, 15) is 0 Å². The maximum absolute atomic E-state index is 4.66. The summed E-state index contributed by atoms with van der Waals surface area (Å²) in [7, 11) is 3.26. The van der Waals surface area contributed by atoms with Crippen LogP contribution in [0.3, 0.4) is 0 Å². The Hall–Kier alpha value is 0.266. The Morgan fingerprint density at radius 2 is 1.60 bits per heavy atom. The van der Waals surface area contributed by atoms with Crippen molar-refractivity contribution in [1.82, 2.24) is 0 Å². The van der Waals surface area contributed by atoms with Gasteiger partial charge in [0.1, 0.15) is 0 Å². The maximum Gasteiger partial charge on any atom is 2.00 e. The summed E-state index contributed by atoms with van der Waals surface area (Å²) in [6, 6.07) is 9.45. The van der Waals surface area contributed by atoms with Crippen LogP contribution in [0.2, 0.25) is 0 Å². The van der Waals surface area contributed by atoms with E-state index in [1.54, 1.807) is 0 Å². The van der Waals surface area contributed by atoms with Crippen LogP contribution in [-0.2, 0) is 0 Å². The van der Waals surface area contributed by atoms with Crippen molar-refractivity contribution in [3.63, 3.8) is 0 Å². The largest absolute Gasteiger partial charge is 2.00 e. The first-order valence-corrected chi connectivity index (χ1v) is 2.40. The zero-order valence-corrected chi connectivity index (χ0v) is 8.59. The molecule has 0 saturated heterocycles. The van der Waals surface area contributed by atoms with E-state index in [1.165, 1.54) is 0 Å². The molecular formula is C7H7BrMgO. The predicted octanol–water partition coefficient (Wildman–Crippen LogP) is -1.52. The third-order valence-corrected chi connectivity index (χ3v) is 0.910. The Labute approximate surface area is 87.7 Å². The third kappa shape index (κ3) is 4.14. The van der Waals surface area contributed by atoms with Crippen LogP contribution in [0.4, 0.5) is 0 Å². The zero-order valence-electron chi connectivity index (χ0n) is 5.59. The average Bonchev–Trinajstić information content (AvgIpc) is 1.90. The molecule has 0 N–H and O–H groups in total. The Bertz CT molecular complexity index is 155. The van der Waals surface area contributed by atoms with Crippen molar-refractivity contribution in [2.45, 2.75) is 0 Å². The fourth-order valence-corrected chi connectivity index (χ4v) is 0.517. The molecule has 0 atom stereocenters. The molecule has 0 bridgehead atoms. The van der Waals surface area contributed by atoms with Gasteiger partial charge in [-0.2, -0.15) is 7.11 Å². The maximum atomic E-state index is 4.66. The second-order valence-corrected chi connectivity index (χ2v) is 1.46. The van der Waals surface area contributed by atoms with Crippen molar-refractivity contribution in [1.29, 1.82) is 0 Å². The third-order valence-electron chi connectivity index (χ3n) is 0.910. The molecular weight excluding hydrogens is 204 g/mol.